The molecular formula is C29H25N3O6. The Morgan fingerprint density at radius 3 is 2.29 bits per heavy atom. The molecule has 0 bridgehead atoms. The minimum absolute atomic E-state index is 0.292. The van der Waals surface area contributed by atoms with Crippen molar-refractivity contribution in [1.29, 1.82) is 0 Å². The Balaban J connectivity index is 1.66. The van der Waals surface area contributed by atoms with Crippen LogP contribution in [0.25, 0.3) is 0 Å². The Morgan fingerprint density at radius 2 is 1.61 bits per heavy atom. The van der Waals surface area contributed by atoms with Gasteiger partial charge >= 0.3 is 5.97 Å². The van der Waals surface area contributed by atoms with E-state index in [1.54, 1.807) is 78.9 Å². The van der Waals surface area contributed by atoms with Crippen LogP contribution in [0.15, 0.2) is 78.9 Å². The molecule has 9 heteroatoms. The van der Waals surface area contributed by atoms with Crippen molar-refractivity contribution in [2.75, 3.05) is 24.4 Å². The Labute approximate surface area is 218 Å². The molecule has 6 rings (SSSR count). The van der Waals surface area contributed by atoms with E-state index in [-0.39, 0.29) is 6.42 Å². The van der Waals surface area contributed by atoms with Crippen LogP contribution in [0.3, 0.4) is 0 Å². The number of nitrogens with zero attached hydrogens (tertiary/aromatic N) is 1. The summed E-state index contributed by atoms with van der Waals surface area (Å²) < 4.78 is 10.5. The lowest BCUT2D eigenvalue weighted by Crippen LogP contribution is -2.58. The fraction of sp³-hybridized carbons (Fsp3) is 0.241. The molecule has 9 nitrogen and oxygen atoms in total. The maximum Gasteiger partial charge on any atom is 0.323 e. The molecule has 3 aliphatic rings. The summed E-state index contributed by atoms with van der Waals surface area (Å²) in [6, 6.07) is 21.5. The minimum Gasteiger partial charge on any atom is -0.497 e. The summed E-state index contributed by atoms with van der Waals surface area (Å²) in [5.41, 5.74) is -1.37. The smallest absolute Gasteiger partial charge is 0.323 e. The number of rotatable bonds is 4. The number of hydrogen-bond donors (Lipinski definition) is 2. The second kappa shape index (κ2) is 8.53. The number of para-hydroxylation sites is 2. The molecule has 3 heterocycles. The van der Waals surface area contributed by atoms with Crippen LogP contribution in [0.1, 0.15) is 23.5 Å². The van der Waals surface area contributed by atoms with Crippen LogP contribution in [0.2, 0.25) is 0 Å². The third kappa shape index (κ3) is 2.96. The number of benzene rings is 3. The Morgan fingerprint density at radius 1 is 0.921 bits per heavy atom. The first-order valence-electron chi connectivity index (χ1n) is 12.2. The SMILES string of the molecule is COC(=O)[C@@H]1N[C@@]2(C(=O)Nc3ccccc32)[C@@]2(CC(=O)N(c3ccccc3)C2=O)[C@H]1c1ccc(OC)cc1. The van der Waals surface area contributed by atoms with Gasteiger partial charge in [-0.25, -0.2) is 4.90 Å². The monoisotopic (exact) mass is 511 g/mol. The Hall–Kier alpha value is -4.50. The molecule has 2 fully saturated rings. The Kier molecular flexibility index (Phi) is 5.36. The van der Waals surface area contributed by atoms with E-state index in [0.29, 0.717) is 28.3 Å². The van der Waals surface area contributed by atoms with E-state index in [2.05, 4.69) is 10.6 Å². The van der Waals surface area contributed by atoms with Crippen molar-refractivity contribution in [1.82, 2.24) is 5.32 Å². The average molecular weight is 512 g/mol. The zero-order chi connectivity index (χ0) is 26.7. The normalized spacial score (nSPS) is 27.6. The van der Waals surface area contributed by atoms with Crippen molar-refractivity contribution in [3.63, 3.8) is 0 Å². The predicted octanol–water partition coefficient (Wildman–Crippen LogP) is 2.72. The van der Waals surface area contributed by atoms with Gasteiger partial charge in [0.25, 0.3) is 5.91 Å². The van der Waals surface area contributed by atoms with Crippen molar-refractivity contribution < 1.29 is 28.7 Å². The van der Waals surface area contributed by atoms with Gasteiger partial charge in [-0.1, -0.05) is 48.5 Å². The Bertz CT molecular complexity index is 1470. The lowest BCUT2D eigenvalue weighted by atomic mass is 9.59. The molecule has 2 spiro atoms. The highest BCUT2D eigenvalue weighted by Gasteiger charge is 2.78. The highest BCUT2D eigenvalue weighted by atomic mass is 16.5. The lowest BCUT2D eigenvalue weighted by molar-refractivity contribution is -0.143. The zero-order valence-corrected chi connectivity index (χ0v) is 20.8. The molecule has 0 aromatic heterocycles. The van der Waals surface area contributed by atoms with Crippen molar-refractivity contribution in [2.24, 2.45) is 5.41 Å². The highest BCUT2D eigenvalue weighted by Crippen LogP contribution is 2.64. The molecule has 0 radical (unpaired) electrons. The van der Waals surface area contributed by atoms with Gasteiger partial charge in [0.05, 0.1) is 25.3 Å². The number of nitrogens with one attached hydrogen (secondary N) is 2. The van der Waals surface area contributed by atoms with Crippen LogP contribution in [-0.2, 0) is 29.5 Å². The van der Waals surface area contributed by atoms with Crippen molar-refractivity contribution in [2.45, 2.75) is 23.9 Å². The molecule has 3 aromatic carbocycles. The highest BCUT2D eigenvalue weighted by molar-refractivity contribution is 6.27. The molecule has 3 amide bonds. The van der Waals surface area contributed by atoms with Crippen molar-refractivity contribution in [3.05, 3.63) is 90.0 Å². The second-order valence-corrected chi connectivity index (χ2v) is 9.66. The lowest BCUT2D eigenvalue weighted by Gasteiger charge is -2.39. The number of imide groups is 1. The summed E-state index contributed by atoms with van der Waals surface area (Å²) in [5.74, 6) is -2.48. The van der Waals surface area contributed by atoms with Gasteiger partial charge < -0.3 is 14.8 Å². The fourth-order valence-corrected chi connectivity index (χ4v) is 6.50. The number of hydrogen-bond acceptors (Lipinski definition) is 7. The van der Waals surface area contributed by atoms with Crippen LogP contribution in [0.4, 0.5) is 11.4 Å². The third-order valence-electron chi connectivity index (χ3n) is 8.03. The molecule has 38 heavy (non-hydrogen) atoms. The van der Waals surface area contributed by atoms with Crippen LogP contribution in [-0.4, -0.2) is 44.0 Å². The number of fused-ring (bicyclic) bond motifs is 3. The first-order valence-corrected chi connectivity index (χ1v) is 12.2. The summed E-state index contributed by atoms with van der Waals surface area (Å²) >= 11 is 0. The molecule has 3 aromatic rings. The van der Waals surface area contributed by atoms with Crippen LogP contribution in [0, 0.1) is 5.41 Å². The van der Waals surface area contributed by atoms with Gasteiger partial charge in [0, 0.05) is 23.6 Å². The fourth-order valence-electron chi connectivity index (χ4n) is 6.50. The zero-order valence-electron chi connectivity index (χ0n) is 20.8. The van der Waals surface area contributed by atoms with Gasteiger partial charge in [-0.3, -0.25) is 24.5 Å². The van der Waals surface area contributed by atoms with E-state index in [4.69, 9.17) is 9.47 Å². The van der Waals surface area contributed by atoms with E-state index in [1.165, 1.54) is 14.2 Å². The van der Waals surface area contributed by atoms with E-state index in [9.17, 15) is 19.2 Å². The average Bonchev–Trinajstić information content (AvgIpc) is 3.51. The maximum absolute atomic E-state index is 14.7. The summed E-state index contributed by atoms with van der Waals surface area (Å²) in [6.45, 7) is 0. The van der Waals surface area contributed by atoms with Gasteiger partial charge in [0.15, 0.2) is 0 Å². The molecule has 2 saturated heterocycles. The summed E-state index contributed by atoms with van der Waals surface area (Å²) in [7, 11) is 2.80. The summed E-state index contributed by atoms with van der Waals surface area (Å²) in [5, 5.41) is 6.12. The molecular weight excluding hydrogens is 486 g/mol. The molecule has 0 aliphatic carbocycles. The van der Waals surface area contributed by atoms with Crippen LogP contribution >= 0.6 is 0 Å². The number of carbonyl (C=O) groups is 4. The first-order chi connectivity index (χ1) is 18.4. The minimum atomic E-state index is -1.71. The number of anilines is 2. The molecule has 3 aliphatic heterocycles. The van der Waals surface area contributed by atoms with Gasteiger partial charge in [0.2, 0.25) is 11.8 Å². The van der Waals surface area contributed by atoms with E-state index < -0.39 is 46.6 Å². The second-order valence-electron chi connectivity index (χ2n) is 9.66. The standard InChI is InChI=1S/C29H25N3O6/c1-37-19-14-12-17(13-15-19)23-24(25(34)38-2)31-29(20-10-6-7-11-21(20)30-26(29)35)28(23)16-22(33)32(27(28)36)18-8-4-3-5-9-18/h3-15,23-24,31H,16H2,1-2H3,(H,30,35)/t23-,24+,28-,29-/m0/s1. The van der Waals surface area contributed by atoms with Crippen LogP contribution in [0.5, 0.6) is 5.75 Å². The van der Waals surface area contributed by atoms with Crippen LogP contribution < -0.4 is 20.3 Å². The number of carbonyl (C=O) groups excluding carboxylic acids is 4. The molecule has 192 valence electrons. The van der Waals surface area contributed by atoms with E-state index >= 15 is 0 Å². The van der Waals surface area contributed by atoms with E-state index in [0.717, 1.165) is 4.90 Å². The van der Waals surface area contributed by atoms with E-state index in [1.807, 2.05) is 0 Å². The van der Waals surface area contributed by atoms with Gasteiger partial charge in [0.1, 0.15) is 17.3 Å². The molecule has 4 atom stereocenters. The van der Waals surface area contributed by atoms with Gasteiger partial charge in [-0.2, -0.15) is 0 Å². The van der Waals surface area contributed by atoms with Crippen molar-refractivity contribution in [3.8, 4) is 5.75 Å². The summed E-state index contributed by atoms with van der Waals surface area (Å²) in [6.07, 6.45) is -0.292. The third-order valence-corrected chi connectivity index (χ3v) is 8.03. The molecule has 0 saturated carbocycles. The largest absolute Gasteiger partial charge is 0.497 e. The molecule has 0 unspecified atom stereocenters. The maximum atomic E-state index is 14.7. The number of ether oxygens (including phenoxy) is 2. The number of esters is 1. The molecule has 2 N–H and O–H groups in total. The van der Waals surface area contributed by atoms with Gasteiger partial charge in [-0.15, -0.1) is 0 Å². The van der Waals surface area contributed by atoms with Gasteiger partial charge in [-0.05, 0) is 35.9 Å². The summed E-state index contributed by atoms with van der Waals surface area (Å²) in [4.78, 5) is 56.9. The van der Waals surface area contributed by atoms with Crippen molar-refractivity contribution >= 4 is 35.1 Å². The first kappa shape index (κ1) is 23.9. The topological polar surface area (TPSA) is 114 Å². The number of methoxy groups -OCH3 is 2. The quantitative estimate of drug-likeness (QED) is 0.409. The predicted molar refractivity (Wildman–Crippen MR) is 137 cm³/mol. The number of amides is 3.